The molecule has 0 spiro atoms. The Kier molecular flexibility index (Phi) is 3.55. The zero-order chi connectivity index (χ0) is 13.2. The Labute approximate surface area is 117 Å². The Morgan fingerprint density at radius 1 is 1.37 bits per heavy atom. The summed E-state index contributed by atoms with van der Waals surface area (Å²) in [6.45, 7) is 2.76. The predicted octanol–water partition coefficient (Wildman–Crippen LogP) is 2.53. The van der Waals surface area contributed by atoms with Gasteiger partial charge in [-0.15, -0.1) is 0 Å². The van der Waals surface area contributed by atoms with E-state index in [2.05, 4.69) is 9.88 Å². The summed E-state index contributed by atoms with van der Waals surface area (Å²) >= 11 is 5.86. The Hall–Kier alpha value is -1.36. The highest BCUT2D eigenvalue weighted by Crippen LogP contribution is 2.21. The molecule has 3 rings (SSSR count). The molecule has 1 fully saturated rings. The van der Waals surface area contributed by atoms with Crippen molar-refractivity contribution in [2.75, 3.05) is 13.1 Å². The molecule has 0 amide bonds. The van der Waals surface area contributed by atoms with Crippen LogP contribution in [0.1, 0.15) is 12.1 Å². The van der Waals surface area contributed by atoms with Gasteiger partial charge in [-0.1, -0.05) is 11.6 Å². The summed E-state index contributed by atoms with van der Waals surface area (Å²) in [6, 6.07) is 7.77. The molecule has 4 nitrogen and oxygen atoms in total. The van der Waals surface area contributed by atoms with Crippen LogP contribution in [-0.2, 0) is 6.54 Å². The van der Waals surface area contributed by atoms with Crippen molar-refractivity contribution in [3.8, 4) is 11.5 Å². The van der Waals surface area contributed by atoms with Crippen LogP contribution >= 0.6 is 11.6 Å². The summed E-state index contributed by atoms with van der Waals surface area (Å²) in [5.41, 5.74) is 7.77. The lowest BCUT2D eigenvalue weighted by Crippen LogP contribution is -2.26. The number of nitrogens with two attached hydrogens (primary N) is 1. The second kappa shape index (κ2) is 5.33. The average molecular weight is 278 g/mol. The van der Waals surface area contributed by atoms with E-state index in [1.165, 1.54) is 0 Å². The smallest absolute Gasteiger partial charge is 0.226 e. The molecule has 2 N–H and O–H groups in total. The van der Waals surface area contributed by atoms with E-state index >= 15 is 0 Å². The van der Waals surface area contributed by atoms with Gasteiger partial charge in [0.25, 0.3) is 0 Å². The molecule has 1 atom stereocenters. The van der Waals surface area contributed by atoms with E-state index < -0.39 is 0 Å². The highest BCUT2D eigenvalue weighted by atomic mass is 35.5. The second-order valence-electron chi connectivity index (χ2n) is 4.93. The fourth-order valence-electron chi connectivity index (χ4n) is 2.34. The molecule has 0 saturated carbocycles. The molecular weight excluding hydrogens is 262 g/mol. The number of hydrogen-bond donors (Lipinski definition) is 1. The first-order valence-electron chi connectivity index (χ1n) is 6.39. The third-order valence-electron chi connectivity index (χ3n) is 3.34. The highest BCUT2D eigenvalue weighted by Gasteiger charge is 2.20. The van der Waals surface area contributed by atoms with Gasteiger partial charge in [-0.05, 0) is 30.7 Å². The molecule has 19 heavy (non-hydrogen) atoms. The molecule has 1 saturated heterocycles. The van der Waals surface area contributed by atoms with E-state index in [1.807, 2.05) is 24.3 Å². The lowest BCUT2D eigenvalue weighted by molar-refractivity contribution is 0.322. The molecule has 1 aliphatic heterocycles. The van der Waals surface area contributed by atoms with Crippen LogP contribution in [-0.4, -0.2) is 29.0 Å². The van der Waals surface area contributed by atoms with Crippen LogP contribution in [0.4, 0.5) is 0 Å². The molecule has 1 aromatic heterocycles. The fourth-order valence-corrected chi connectivity index (χ4v) is 2.47. The first-order chi connectivity index (χ1) is 9.20. The lowest BCUT2D eigenvalue weighted by atomic mass is 10.2. The number of aromatic nitrogens is 1. The predicted molar refractivity (Wildman–Crippen MR) is 74.8 cm³/mol. The van der Waals surface area contributed by atoms with E-state index in [-0.39, 0.29) is 0 Å². The number of oxazole rings is 1. The lowest BCUT2D eigenvalue weighted by Gasteiger charge is -2.12. The van der Waals surface area contributed by atoms with Crippen LogP contribution in [0.25, 0.3) is 11.5 Å². The molecule has 100 valence electrons. The van der Waals surface area contributed by atoms with Gasteiger partial charge in [-0.25, -0.2) is 4.98 Å². The summed E-state index contributed by atoms with van der Waals surface area (Å²) in [7, 11) is 0. The summed E-state index contributed by atoms with van der Waals surface area (Å²) in [6.07, 6.45) is 2.77. The molecule has 0 bridgehead atoms. The van der Waals surface area contributed by atoms with E-state index in [0.29, 0.717) is 17.0 Å². The van der Waals surface area contributed by atoms with Crippen LogP contribution < -0.4 is 5.73 Å². The standard InChI is InChI=1S/C14H16ClN3O/c15-11-3-1-10(2-4-11)14-17-13(9-19-14)8-18-6-5-12(16)7-18/h1-4,9,12H,5-8,16H2/t12-/m1/s1. The minimum atomic E-state index is 0.294. The van der Waals surface area contributed by atoms with Crippen molar-refractivity contribution in [3.63, 3.8) is 0 Å². The van der Waals surface area contributed by atoms with Gasteiger partial charge in [0.1, 0.15) is 6.26 Å². The Morgan fingerprint density at radius 2 is 2.16 bits per heavy atom. The van der Waals surface area contributed by atoms with Gasteiger partial charge in [0, 0.05) is 36.3 Å². The van der Waals surface area contributed by atoms with E-state index in [1.54, 1.807) is 6.26 Å². The van der Waals surface area contributed by atoms with Crippen molar-refractivity contribution in [1.29, 1.82) is 0 Å². The quantitative estimate of drug-likeness (QED) is 0.937. The van der Waals surface area contributed by atoms with Crippen molar-refractivity contribution in [3.05, 3.63) is 41.2 Å². The van der Waals surface area contributed by atoms with Crippen LogP contribution in [0.15, 0.2) is 34.9 Å². The zero-order valence-corrected chi connectivity index (χ0v) is 11.3. The maximum Gasteiger partial charge on any atom is 0.226 e. The number of nitrogens with zero attached hydrogens (tertiary/aromatic N) is 2. The van der Waals surface area contributed by atoms with Crippen molar-refractivity contribution in [1.82, 2.24) is 9.88 Å². The van der Waals surface area contributed by atoms with Gasteiger partial charge in [-0.3, -0.25) is 4.90 Å². The number of halogens is 1. The van der Waals surface area contributed by atoms with Gasteiger partial charge in [0.05, 0.1) is 5.69 Å². The SMILES string of the molecule is N[C@@H]1CCN(Cc2coc(-c3ccc(Cl)cc3)n2)C1. The van der Waals surface area contributed by atoms with Gasteiger partial charge >= 0.3 is 0 Å². The van der Waals surface area contributed by atoms with Crippen molar-refractivity contribution in [2.24, 2.45) is 5.73 Å². The third kappa shape index (κ3) is 2.97. The molecule has 2 heterocycles. The first kappa shape index (κ1) is 12.7. The Bertz CT molecular complexity index is 552. The summed E-state index contributed by atoms with van der Waals surface area (Å²) in [5, 5.41) is 0.710. The normalized spacial score (nSPS) is 20.0. The molecule has 0 aliphatic carbocycles. The molecule has 1 aliphatic rings. The zero-order valence-electron chi connectivity index (χ0n) is 10.6. The maximum absolute atomic E-state index is 5.89. The van der Waals surface area contributed by atoms with Gasteiger partial charge in [-0.2, -0.15) is 0 Å². The minimum Gasteiger partial charge on any atom is -0.444 e. The molecule has 1 aromatic carbocycles. The molecule has 2 aromatic rings. The van der Waals surface area contributed by atoms with Gasteiger partial charge < -0.3 is 10.2 Å². The fraction of sp³-hybridized carbons (Fsp3) is 0.357. The Balaban J connectivity index is 1.71. The average Bonchev–Trinajstić information content (AvgIpc) is 3.00. The number of likely N-dealkylation sites (tertiary alicyclic amines) is 1. The summed E-state index contributed by atoms with van der Waals surface area (Å²) in [5.74, 6) is 0.634. The van der Waals surface area contributed by atoms with E-state index in [0.717, 1.165) is 37.3 Å². The van der Waals surface area contributed by atoms with Crippen LogP contribution in [0.3, 0.4) is 0 Å². The van der Waals surface area contributed by atoms with Gasteiger partial charge in [0.2, 0.25) is 5.89 Å². The highest BCUT2D eigenvalue weighted by molar-refractivity contribution is 6.30. The monoisotopic (exact) mass is 277 g/mol. The third-order valence-corrected chi connectivity index (χ3v) is 3.59. The molecule has 0 unspecified atom stereocenters. The van der Waals surface area contributed by atoms with Crippen LogP contribution in [0, 0.1) is 0 Å². The van der Waals surface area contributed by atoms with E-state index in [9.17, 15) is 0 Å². The molecule has 5 heteroatoms. The second-order valence-corrected chi connectivity index (χ2v) is 5.37. The largest absolute Gasteiger partial charge is 0.444 e. The Morgan fingerprint density at radius 3 is 2.84 bits per heavy atom. The van der Waals surface area contributed by atoms with Crippen LogP contribution in [0.5, 0.6) is 0 Å². The number of benzene rings is 1. The van der Waals surface area contributed by atoms with Crippen molar-refractivity contribution in [2.45, 2.75) is 19.0 Å². The van der Waals surface area contributed by atoms with Crippen molar-refractivity contribution >= 4 is 11.6 Å². The number of rotatable bonds is 3. The number of hydrogen-bond acceptors (Lipinski definition) is 4. The minimum absolute atomic E-state index is 0.294. The summed E-state index contributed by atoms with van der Waals surface area (Å²) in [4.78, 5) is 6.81. The molecular formula is C14H16ClN3O. The topological polar surface area (TPSA) is 55.3 Å². The summed E-state index contributed by atoms with van der Waals surface area (Å²) < 4.78 is 5.52. The molecule has 0 radical (unpaired) electrons. The van der Waals surface area contributed by atoms with E-state index in [4.69, 9.17) is 21.8 Å². The maximum atomic E-state index is 5.89. The van der Waals surface area contributed by atoms with Crippen LogP contribution in [0.2, 0.25) is 5.02 Å². The van der Waals surface area contributed by atoms with Gasteiger partial charge in [0.15, 0.2) is 0 Å². The first-order valence-corrected chi connectivity index (χ1v) is 6.77. The van der Waals surface area contributed by atoms with Crippen molar-refractivity contribution < 1.29 is 4.42 Å².